The number of aliphatic hydroxyl groups excluding tert-OH is 1. The van der Waals surface area contributed by atoms with Crippen molar-refractivity contribution in [2.75, 3.05) is 32.1 Å². The summed E-state index contributed by atoms with van der Waals surface area (Å²) in [7, 11) is 4.25. The number of likely N-dealkylation sites (N-methyl/N-ethyl adjacent to an activating group) is 1. The summed E-state index contributed by atoms with van der Waals surface area (Å²) in [5, 5.41) is 19.7. The van der Waals surface area contributed by atoms with Gasteiger partial charge in [0.05, 0.1) is 17.9 Å². The fourth-order valence-corrected chi connectivity index (χ4v) is 4.75. The van der Waals surface area contributed by atoms with Crippen molar-refractivity contribution in [3.05, 3.63) is 46.8 Å². The van der Waals surface area contributed by atoms with Gasteiger partial charge in [0.25, 0.3) is 0 Å². The molecule has 160 valence electrons. The molecule has 2 heterocycles. The molecule has 1 saturated heterocycles. The molecule has 31 heavy (non-hydrogen) atoms. The Morgan fingerprint density at radius 2 is 2.10 bits per heavy atom. The summed E-state index contributed by atoms with van der Waals surface area (Å²) in [6.45, 7) is 3.82. The highest BCUT2D eigenvalue weighted by atomic mass is 16.4. The van der Waals surface area contributed by atoms with E-state index < -0.39 is 0 Å². The quantitative estimate of drug-likeness (QED) is 0.672. The van der Waals surface area contributed by atoms with Crippen LogP contribution in [0.4, 0.5) is 5.69 Å². The highest BCUT2D eigenvalue weighted by Crippen LogP contribution is 2.47. The first kappa shape index (κ1) is 20.0. The smallest absolute Gasteiger partial charge is 0.198 e. The van der Waals surface area contributed by atoms with Crippen LogP contribution in [0, 0.1) is 18.3 Å². The Morgan fingerprint density at radius 3 is 2.74 bits per heavy atom. The molecule has 3 aromatic rings. The lowest BCUT2D eigenvalue weighted by Crippen LogP contribution is -2.31. The molecule has 1 saturated carbocycles. The topological polar surface area (TPSA) is 76.5 Å². The molecular formula is C25H28N4O2. The molecule has 2 aromatic carbocycles. The van der Waals surface area contributed by atoms with Crippen molar-refractivity contribution in [3.8, 4) is 17.2 Å². The number of hydrogen-bond donors (Lipinski definition) is 1. The van der Waals surface area contributed by atoms with E-state index in [0.29, 0.717) is 23.0 Å². The van der Waals surface area contributed by atoms with Crippen molar-refractivity contribution in [1.29, 1.82) is 5.26 Å². The van der Waals surface area contributed by atoms with Gasteiger partial charge in [-0.1, -0.05) is 18.2 Å². The lowest BCUT2D eigenvalue weighted by atomic mass is 9.92. The minimum Gasteiger partial charge on any atom is -0.438 e. The van der Waals surface area contributed by atoms with Gasteiger partial charge >= 0.3 is 0 Å². The highest BCUT2D eigenvalue weighted by molar-refractivity contribution is 6.02. The summed E-state index contributed by atoms with van der Waals surface area (Å²) in [4.78, 5) is 9.46. The van der Waals surface area contributed by atoms with E-state index in [4.69, 9.17) is 9.40 Å². The monoisotopic (exact) mass is 416 g/mol. The molecule has 0 unspecified atom stereocenters. The molecule has 0 spiro atoms. The van der Waals surface area contributed by atoms with Crippen molar-refractivity contribution >= 4 is 16.8 Å². The number of nitriles is 1. The summed E-state index contributed by atoms with van der Waals surface area (Å²) >= 11 is 0. The fraction of sp³-hybridized carbons (Fsp3) is 0.440. The van der Waals surface area contributed by atoms with Crippen LogP contribution in [-0.2, 0) is 6.61 Å². The summed E-state index contributed by atoms with van der Waals surface area (Å²) in [5.74, 6) is 1.14. The third-order valence-corrected chi connectivity index (χ3v) is 6.73. The van der Waals surface area contributed by atoms with Gasteiger partial charge in [0.2, 0.25) is 0 Å². The molecule has 1 aromatic heterocycles. The van der Waals surface area contributed by atoms with Crippen LogP contribution in [0.15, 0.2) is 28.7 Å². The number of oxazole rings is 1. The number of aliphatic hydroxyl groups is 1. The van der Waals surface area contributed by atoms with E-state index in [0.717, 1.165) is 71.8 Å². The standard InChI is InChI=1S/C25H28N4O2/c1-15-20(12-26)22-24(31-25(27-22)17-7-8-17)23(29-10-9-19(13-29)28(2)3)21(15)18-6-4-5-16(11-18)14-30/h4-6,11,17,19,30H,7-10,13-14H2,1-3H3/t19-/m0/s1. The number of nitrogens with zero attached hydrogens (tertiary/aromatic N) is 4. The summed E-state index contributed by atoms with van der Waals surface area (Å²) in [5.41, 5.74) is 6.81. The Morgan fingerprint density at radius 1 is 1.29 bits per heavy atom. The molecule has 0 bridgehead atoms. The molecule has 0 radical (unpaired) electrons. The third-order valence-electron chi connectivity index (χ3n) is 6.73. The van der Waals surface area contributed by atoms with Crippen LogP contribution >= 0.6 is 0 Å². The van der Waals surface area contributed by atoms with Crippen molar-refractivity contribution in [3.63, 3.8) is 0 Å². The molecule has 2 aliphatic rings. The number of benzene rings is 2. The fourth-order valence-electron chi connectivity index (χ4n) is 4.75. The van der Waals surface area contributed by atoms with Crippen molar-refractivity contribution in [1.82, 2.24) is 9.88 Å². The predicted molar refractivity (Wildman–Crippen MR) is 121 cm³/mol. The van der Waals surface area contributed by atoms with Crippen molar-refractivity contribution in [2.24, 2.45) is 0 Å². The second kappa shape index (κ2) is 7.67. The van der Waals surface area contributed by atoms with E-state index in [1.54, 1.807) is 0 Å². The van der Waals surface area contributed by atoms with Crippen LogP contribution in [0.2, 0.25) is 0 Å². The molecule has 2 fully saturated rings. The van der Waals surface area contributed by atoms with Crippen LogP contribution < -0.4 is 4.90 Å². The maximum Gasteiger partial charge on any atom is 0.198 e. The Bertz CT molecular complexity index is 1190. The first-order chi connectivity index (χ1) is 15.0. The van der Waals surface area contributed by atoms with E-state index in [2.05, 4.69) is 36.0 Å². The zero-order valence-corrected chi connectivity index (χ0v) is 18.4. The summed E-state index contributed by atoms with van der Waals surface area (Å²) < 4.78 is 6.38. The lowest BCUT2D eigenvalue weighted by Gasteiger charge is -2.26. The second-order valence-electron chi connectivity index (χ2n) is 9.05. The van der Waals surface area contributed by atoms with Gasteiger partial charge in [0, 0.05) is 30.6 Å². The molecular weight excluding hydrogens is 388 g/mol. The first-order valence-corrected chi connectivity index (χ1v) is 11.0. The molecule has 6 heteroatoms. The average Bonchev–Trinajstić information content (AvgIpc) is 3.33. The maximum atomic E-state index is 10.0. The van der Waals surface area contributed by atoms with Gasteiger partial charge in [-0.15, -0.1) is 0 Å². The van der Waals surface area contributed by atoms with Crippen LogP contribution in [0.1, 0.15) is 47.8 Å². The van der Waals surface area contributed by atoms with Crippen molar-refractivity contribution in [2.45, 2.75) is 44.8 Å². The Kier molecular flexibility index (Phi) is 4.96. The van der Waals surface area contributed by atoms with Gasteiger partial charge in [-0.3, -0.25) is 0 Å². The normalized spacial score (nSPS) is 18.8. The van der Waals surface area contributed by atoms with E-state index in [1.807, 2.05) is 25.1 Å². The number of fused-ring (bicyclic) bond motifs is 1. The average molecular weight is 417 g/mol. The van der Waals surface area contributed by atoms with E-state index in [-0.39, 0.29) is 6.61 Å². The molecule has 6 nitrogen and oxygen atoms in total. The Balaban J connectivity index is 1.79. The number of rotatable bonds is 5. The minimum absolute atomic E-state index is 0.0177. The predicted octanol–water partition coefficient (Wildman–Crippen LogP) is 4.18. The van der Waals surface area contributed by atoms with Crippen molar-refractivity contribution < 1.29 is 9.52 Å². The minimum atomic E-state index is -0.0177. The number of hydrogen-bond acceptors (Lipinski definition) is 6. The highest BCUT2D eigenvalue weighted by Gasteiger charge is 2.34. The lowest BCUT2D eigenvalue weighted by molar-refractivity contribution is 0.282. The maximum absolute atomic E-state index is 10.0. The summed E-state index contributed by atoms with van der Waals surface area (Å²) in [6, 6.07) is 10.8. The zero-order chi connectivity index (χ0) is 21.7. The van der Waals surface area contributed by atoms with Gasteiger partial charge in [0.15, 0.2) is 11.5 Å². The van der Waals surface area contributed by atoms with E-state index >= 15 is 0 Å². The van der Waals surface area contributed by atoms with Crippen LogP contribution in [-0.4, -0.2) is 48.2 Å². The largest absolute Gasteiger partial charge is 0.438 e. The zero-order valence-electron chi connectivity index (χ0n) is 18.4. The van der Waals surface area contributed by atoms with Gasteiger partial charge < -0.3 is 19.3 Å². The third kappa shape index (κ3) is 3.38. The molecule has 0 amide bonds. The van der Waals surface area contributed by atoms with Gasteiger partial charge in [-0.05, 0) is 63.0 Å². The first-order valence-electron chi connectivity index (χ1n) is 11.0. The van der Waals surface area contributed by atoms with Gasteiger partial charge in [0.1, 0.15) is 11.6 Å². The number of anilines is 1. The molecule has 1 aliphatic heterocycles. The Labute approximate surface area is 182 Å². The molecule has 1 aliphatic carbocycles. The van der Waals surface area contributed by atoms with Crippen LogP contribution in [0.25, 0.3) is 22.2 Å². The summed E-state index contributed by atoms with van der Waals surface area (Å²) in [6.07, 6.45) is 3.27. The molecule has 1 N–H and O–H groups in total. The van der Waals surface area contributed by atoms with Crippen LogP contribution in [0.5, 0.6) is 0 Å². The SMILES string of the molecule is Cc1c(-c2cccc(CO)c2)c(N2CC[C@H](N(C)C)C2)c2oc(C3CC3)nc2c1C#N. The molecule has 1 atom stereocenters. The van der Waals surface area contributed by atoms with Gasteiger partial charge in [-0.2, -0.15) is 5.26 Å². The number of aromatic nitrogens is 1. The van der Waals surface area contributed by atoms with E-state index in [9.17, 15) is 10.4 Å². The second-order valence-corrected chi connectivity index (χ2v) is 9.05. The van der Waals surface area contributed by atoms with Crippen LogP contribution in [0.3, 0.4) is 0 Å². The Hall–Kier alpha value is -2.88. The molecule has 5 rings (SSSR count). The van der Waals surface area contributed by atoms with Gasteiger partial charge in [-0.25, -0.2) is 4.98 Å². The van der Waals surface area contributed by atoms with E-state index in [1.165, 1.54) is 0 Å².